The van der Waals surface area contributed by atoms with E-state index in [-0.39, 0.29) is 35.9 Å². The molecule has 30 heavy (non-hydrogen) atoms. The molecule has 7 nitrogen and oxygen atoms in total. The summed E-state index contributed by atoms with van der Waals surface area (Å²) in [5.74, 6) is 4.57. The lowest BCUT2D eigenvalue weighted by Gasteiger charge is -2.17. The zero-order valence-electron chi connectivity index (χ0n) is 15.1. The SMILES string of the molecule is N/C(=N\N(N)CCO)c1cc(OC(F)(F)F)ccc1Nc1ccc(C(F)(F)F)cc1. The molecule has 0 aromatic heterocycles. The van der Waals surface area contributed by atoms with Crippen LogP contribution in [0.4, 0.5) is 37.7 Å². The van der Waals surface area contributed by atoms with Crippen molar-refractivity contribution in [2.45, 2.75) is 12.5 Å². The van der Waals surface area contributed by atoms with Gasteiger partial charge in [-0.3, -0.25) is 0 Å². The van der Waals surface area contributed by atoms with E-state index in [1.807, 2.05) is 0 Å². The molecule has 2 rings (SSSR count). The number of hydrogen-bond acceptors (Lipinski definition) is 6. The fourth-order valence-corrected chi connectivity index (χ4v) is 2.28. The van der Waals surface area contributed by atoms with Gasteiger partial charge in [0.15, 0.2) is 5.84 Å². The van der Waals surface area contributed by atoms with Crippen LogP contribution < -0.4 is 21.6 Å². The number of amidine groups is 1. The molecule has 0 heterocycles. The van der Waals surface area contributed by atoms with Crippen molar-refractivity contribution in [1.82, 2.24) is 5.12 Å². The van der Waals surface area contributed by atoms with E-state index in [0.717, 1.165) is 41.5 Å². The van der Waals surface area contributed by atoms with Crippen LogP contribution in [0, 0.1) is 0 Å². The molecule has 0 aliphatic rings. The summed E-state index contributed by atoms with van der Waals surface area (Å²) in [4.78, 5) is 0. The van der Waals surface area contributed by atoms with Crippen LogP contribution in [0.3, 0.4) is 0 Å². The van der Waals surface area contributed by atoms with Crippen molar-refractivity contribution in [2.75, 3.05) is 18.5 Å². The average molecular weight is 437 g/mol. The minimum atomic E-state index is -4.96. The van der Waals surface area contributed by atoms with E-state index >= 15 is 0 Å². The summed E-state index contributed by atoms with van der Waals surface area (Å²) < 4.78 is 79.5. The van der Waals surface area contributed by atoms with E-state index in [4.69, 9.17) is 16.7 Å². The van der Waals surface area contributed by atoms with E-state index in [9.17, 15) is 26.3 Å². The van der Waals surface area contributed by atoms with E-state index in [2.05, 4.69) is 15.2 Å². The van der Waals surface area contributed by atoms with Crippen LogP contribution in [0.25, 0.3) is 0 Å². The maximum atomic E-state index is 12.7. The second-order valence-electron chi connectivity index (χ2n) is 5.83. The average Bonchev–Trinajstić information content (AvgIpc) is 2.61. The highest BCUT2D eigenvalue weighted by atomic mass is 19.4. The Balaban J connectivity index is 2.39. The molecule has 0 aliphatic carbocycles. The lowest BCUT2D eigenvalue weighted by atomic mass is 10.1. The Bertz CT molecular complexity index is 884. The van der Waals surface area contributed by atoms with Gasteiger partial charge in [0.25, 0.3) is 0 Å². The van der Waals surface area contributed by atoms with Crippen molar-refractivity contribution in [1.29, 1.82) is 0 Å². The van der Waals surface area contributed by atoms with E-state index < -0.39 is 23.9 Å². The van der Waals surface area contributed by atoms with E-state index in [1.165, 1.54) is 6.07 Å². The van der Waals surface area contributed by atoms with Gasteiger partial charge in [0.2, 0.25) is 0 Å². The molecule has 0 saturated carbocycles. The van der Waals surface area contributed by atoms with Gasteiger partial charge >= 0.3 is 12.5 Å². The van der Waals surface area contributed by atoms with Gasteiger partial charge in [-0.1, -0.05) is 0 Å². The second-order valence-corrected chi connectivity index (χ2v) is 5.83. The number of anilines is 2. The lowest BCUT2D eigenvalue weighted by molar-refractivity contribution is -0.274. The van der Waals surface area contributed by atoms with E-state index in [0.29, 0.717) is 0 Å². The molecular weight excluding hydrogens is 420 g/mol. The molecule has 0 fully saturated rings. The molecule has 0 atom stereocenters. The molecule has 0 aliphatic heterocycles. The van der Waals surface area contributed by atoms with Crippen molar-refractivity contribution < 1.29 is 36.2 Å². The zero-order chi connectivity index (χ0) is 22.5. The highest BCUT2D eigenvalue weighted by Crippen LogP contribution is 2.32. The van der Waals surface area contributed by atoms with Crippen LogP contribution in [0.1, 0.15) is 11.1 Å². The van der Waals surface area contributed by atoms with E-state index in [1.54, 1.807) is 0 Å². The predicted octanol–water partition coefficient (Wildman–Crippen LogP) is 3.14. The van der Waals surface area contributed by atoms with Crippen LogP contribution in [-0.2, 0) is 6.18 Å². The molecule has 0 amide bonds. The summed E-state index contributed by atoms with van der Waals surface area (Å²) in [6.07, 6.45) is -9.48. The topological polar surface area (TPSA) is 109 Å². The Labute approximate surface area is 166 Å². The maximum absolute atomic E-state index is 12.7. The number of aliphatic hydroxyl groups is 1. The third-order valence-electron chi connectivity index (χ3n) is 3.56. The molecule has 0 unspecified atom stereocenters. The Hall–Kier alpha value is -3.19. The molecule has 0 bridgehead atoms. The summed E-state index contributed by atoms with van der Waals surface area (Å²) in [5.41, 5.74) is 5.22. The third kappa shape index (κ3) is 6.70. The molecule has 2 aromatic carbocycles. The monoisotopic (exact) mass is 437 g/mol. The Morgan fingerprint density at radius 1 is 1.07 bits per heavy atom. The zero-order valence-corrected chi connectivity index (χ0v) is 15.1. The molecule has 0 radical (unpaired) electrons. The molecule has 0 saturated heterocycles. The molecular formula is C17H17F6N5O2. The number of nitrogens with zero attached hydrogens (tertiary/aromatic N) is 2. The van der Waals surface area contributed by atoms with Gasteiger partial charge in [-0.25, -0.2) is 11.0 Å². The van der Waals surface area contributed by atoms with Crippen molar-refractivity contribution >= 4 is 17.2 Å². The number of nitrogens with two attached hydrogens (primary N) is 2. The number of rotatable bonds is 7. The van der Waals surface area contributed by atoms with Crippen LogP contribution in [-0.4, -0.2) is 35.6 Å². The maximum Gasteiger partial charge on any atom is 0.573 e. The van der Waals surface area contributed by atoms with Crippen molar-refractivity contribution in [2.24, 2.45) is 16.7 Å². The van der Waals surface area contributed by atoms with Crippen molar-refractivity contribution in [3.8, 4) is 5.75 Å². The highest BCUT2D eigenvalue weighted by Gasteiger charge is 2.32. The van der Waals surface area contributed by atoms with Gasteiger partial charge in [-0.15, -0.1) is 18.3 Å². The van der Waals surface area contributed by atoms with Crippen LogP contribution in [0.15, 0.2) is 47.6 Å². The van der Waals surface area contributed by atoms with Gasteiger partial charge in [0, 0.05) is 16.9 Å². The normalized spacial score (nSPS) is 12.6. The van der Waals surface area contributed by atoms with Crippen molar-refractivity contribution in [3.63, 3.8) is 0 Å². The second kappa shape index (κ2) is 9.09. The first kappa shape index (κ1) is 23.1. The fourth-order valence-electron chi connectivity index (χ4n) is 2.28. The molecule has 2 aromatic rings. The number of alkyl halides is 6. The number of halogens is 6. The van der Waals surface area contributed by atoms with Crippen LogP contribution in [0.5, 0.6) is 5.75 Å². The number of benzene rings is 2. The third-order valence-corrected chi connectivity index (χ3v) is 3.56. The Morgan fingerprint density at radius 2 is 1.70 bits per heavy atom. The van der Waals surface area contributed by atoms with Gasteiger partial charge in [-0.05, 0) is 42.5 Å². The first-order valence-corrected chi connectivity index (χ1v) is 8.20. The minimum Gasteiger partial charge on any atom is -0.406 e. The van der Waals surface area contributed by atoms with Gasteiger partial charge in [-0.2, -0.15) is 13.2 Å². The van der Waals surface area contributed by atoms with Crippen molar-refractivity contribution in [3.05, 3.63) is 53.6 Å². The smallest absolute Gasteiger partial charge is 0.406 e. The van der Waals surface area contributed by atoms with Gasteiger partial charge in [0.05, 0.1) is 18.7 Å². The predicted molar refractivity (Wildman–Crippen MR) is 96.6 cm³/mol. The summed E-state index contributed by atoms with van der Waals surface area (Å²) in [7, 11) is 0. The van der Waals surface area contributed by atoms with Crippen LogP contribution >= 0.6 is 0 Å². The quantitative estimate of drug-likeness (QED) is 0.174. The summed E-state index contributed by atoms with van der Waals surface area (Å²) >= 11 is 0. The molecule has 164 valence electrons. The van der Waals surface area contributed by atoms with Gasteiger partial charge < -0.3 is 20.9 Å². The number of aliphatic hydroxyl groups excluding tert-OH is 1. The largest absolute Gasteiger partial charge is 0.573 e. The summed E-state index contributed by atoms with van der Waals surface area (Å²) in [6, 6.07) is 7.06. The Morgan fingerprint density at radius 3 is 2.23 bits per heavy atom. The fraction of sp³-hybridized carbons (Fsp3) is 0.235. The standard InChI is InChI=1S/C17H17F6N5O2/c18-16(19,20)10-1-3-11(4-2-10)26-14-6-5-12(30-17(21,22)23)9-13(14)15(24)27-28(25)7-8-29/h1-6,9,26,29H,7-8,25H2,(H2,24,27). The number of nitrogens with one attached hydrogen (secondary N) is 1. The molecule has 13 heteroatoms. The first-order valence-electron chi connectivity index (χ1n) is 8.20. The molecule has 0 spiro atoms. The minimum absolute atomic E-state index is 0.0648. The number of hydrogen-bond donors (Lipinski definition) is 4. The highest BCUT2D eigenvalue weighted by molar-refractivity contribution is 6.03. The number of ether oxygens (including phenoxy) is 1. The number of hydrazone groups is 1. The van der Waals surface area contributed by atoms with Crippen LogP contribution in [0.2, 0.25) is 0 Å². The number of hydrazine groups is 1. The lowest BCUT2D eigenvalue weighted by Crippen LogP contribution is -2.32. The Kier molecular flexibility index (Phi) is 7.00. The van der Waals surface area contributed by atoms with Gasteiger partial charge in [0.1, 0.15) is 5.75 Å². The molecule has 6 N–H and O–H groups in total. The summed E-state index contributed by atoms with van der Waals surface area (Å²) in [6.45, 7) is -0.470. The summed E-state index contributed by atoms with van der Waals surface area (Å²) in [5, 5.41) is 16.1. The first-order chi connectivity index (χ1) is 13.9.